The van der Waals surface area contributed by atoms with Crippen LogP contribution in [-0.2, 0) is 7.05 Å². The van der Waals surface area contributed by atoms with Gasteiger partial charge in [-0.05, 0) is 68.9 Å². The highest BCUT2D eigenvalue weighted by Gasteiger charge is 2.28. The fourth-order valence-electron chi connectivity index (χ4n) is 4.68. The third kappa shape index (κ3) is 4.14. The van der Waals surface area contributed by atoms with Gasteiger partial charge in [0.1, 0.15) is 5.69 Å². The Morgan fingerprint density at radius 3 is 2.72 bits per heavy atom. The molecule has 2 aromatic heterocycles. The molecule has 1 N–H and O–H groups in total. The largest absolute Gasteiger partial charge is 0.352 e. The number of hydrogen-bond donors (Lipinski definition) is 1. The summed E-state index contributed by atoms with van der Waals surface area (Å²) in [6, 6.07) is 12.1. The lowest BCUT2D eigenvalue weighted by Gasteiger charge is -2.32. The number of carbonyl (C=O) groups is 2. The van der Waals surface area contributed by atoms with Crippen LogP contribution in [-0.4, -0.2) is 45.9 Å². The lowest BCUT2D eigenvalue weighted by molar-refractivity contribution is 0.0696. The van der Waals surface area contributed by atoms with Crippen molar-refractivity contribution in [3.05, 3.63) is 65.1 Å². The summed E-state index contributed by atoms with van der Waals surface area (Å²) in [7, 11) is 1.96. The number of nitrogens with one attached hydrogen (secondary N) is 1. The van der Waals surface area contributed by atoms with Crippen LogP contribution in [0.2, 0.25) is 0 Å². The number of aryl methyl sites for hydroxylation is 2. The van der Waals surface area contributed by atoms with Crippen LogP contribution in [0.1, 0.15) is 63.7 Å². The lowest BCUT2D eigenvalue weighted by Crippen LogP contribution is -2.40. The quantitative estimate of drug-likeness (QED) is 0.664. The van der Waals surface area contributed by atoms with Crippen molar-refractivity contribution in [2.45, 2.75) is 38.5 Å². The smallest absolute Gasteiger partial charge is 0.270 e. The minimum absolute atomic E-state index is 0.0533. The van der Waals surface area contributed by atoms with E-state index in [0.29, 0.717) is 18.0 Å². The highest BCUT2D eigenvalue weighted by atomic mass is 16.2. The highest BCUT2D eigenvalue weighted by Crippen LogP contribution is 2.29. The Morgan fingerprint density at radius 1 is 1.12 bits per heavy atom. The van der Waals surface area contributed by atoms with E-state index in [2.05, 4.69) is 35.4 Å². The van der Waals surface area contributed by atoms with Gasteiger partial charge >= 0.3 is 0 Å². The van der Waals surface area contributed by atoms with Crippen LogP contribution in [0.3, 0.4) is 0 Å². The molecule has 5 rings (SSSR count). The average Bonchev–Trinajstić information content (AvgIpc) is 3.59. The first-order valence-electron chi connectivity index (χ1n) is 11.6. The monoisotopic (exact) mass is 430 g/mol. The Morgan fingerprint density at radius 2 is 1.97 bits per heavy atom. The number of likely N-dealkylation sites (tertiary alicyclic amines) is 1. The zero-order valence-corrected chi connectivity index (χ0v) is 18.8. The second-order valence-corrected chi connectivity index (χ2v) is 9.37. The molecule has 0 spiro atoms. The molecule has 1 aliphatic carbocycles. The van der Waals surface area contributed by atoms with Crippen molar-refractivity contribution >= 4 is 22.7 Å². The summed E-state index contributed by atoms with van der Waals surface area (Å²) < 4.78 is 1.99. The summed E-state index contributed by atoms with van der Waals surface area (Å²) in [6.07, 6.45) is 6.05. The van der Waals surface area contributed by atoms with Gasteiger partial charge in [-0.15, -0.1) is 0 Å². The van der Waals surface area contributed by atoms with Gasteiger partial charge in [0.25, 0.3) is 11.8 Å². The molecule has 6 heteroatoms. The maximum Gasteiger partial charge on any atom is 0.270 e. The van der Waals surface area contributed by atoms with Gasteiger partial charge < -0.3 is 14.8 Å². The summed E-state index contributed by atoms with van der Waals surface area (Å²) in [5.41, 5.74) is 4.54. The molecular weight excluding hydrogens is 400 g/mol. The first-order chi connectivity index (χ1) is 15.5. The fourth-order valence-corrected chi connectivity index (χ4v) is 4.68. The second-order valence-electron chi connectivity index (χ2n) is 9.37. The van der Waals surface area contributed by atoms with Crippen molar-refractivity contribution in [2.24, 2.45) is 13.0 Å². The van der Waals surface area contributed by atoms with E-state index < -0.39 is 0 Å². The predicted octanol–water partition coefficient (Wildman–Crippen LogP) is 4.04. The van der Waals surface area contributed by atoms with Crippen LogP contribution >= 0.6 is 0 Å². The van der Waals surface area contributed by atoms with Gasteiger partial charge in [0, 0.05) is 55.4 Å². The SMILES string of the molecule is Cc1ccc2c(c1)cc(C(=O)N1CCCC(c3ccc(C(=O)NCC4CC4)cn3)C1)n2C. The summed E-state index contributed by atoms with van der Waals surface area (Å²) in [5, 5.41) is 4.08. The number of benzene rings is 1. The molecule has 6 nitrogen and oxygen atoms in total. The number of amides is 2. The molecule has 3 aromatic rings. The minimum Gasteiger partial charge on any atom is -0.352 e. The Kier molecular flexibility index (Phi) is 5.45. The molecule has 2 amide bonds. The van der Waals surface area contributed by atoms with Crippen molar-refractivity contribution in [3.8, 4) is 0 Å². The molecule has 0 bridgehead atoms. The van der Waals surface area contributed by atoms with E-state index in [0.717, 1.165) is 48.2 Å². The van der Waals surface area contributed by atoms with Crippen molar-refractivity contribution in [2.75, 3.05) is 19.6 Å². The van der Waals surface area contributed by atoms with E-state index in [1.165, 1.54) is 18.4 Å². The molecule has 1 unspecified atom stereocenters. The van der Waals surface area contributed by atoms with Crippen LogP contribution in [0.25, 0.3) is 10.9 Å². The Bertz CT molecular complexity index is 1160. The van der Waals surface area contributed by atoms with Crippen LogP contribution in [0, 0.1) is 12.8 Å². The summed E-state index contributed by atoms with van der Waals surface area (Å²) in [6.45, 7) is 4.24. The third-order valence-electron chi connectivity index (χ3n) is 6.84. The Labute approximate surface area is 188 Å². The van der Waals surface area contributed by atoms with E-state index in [9.17, 15) is 9.59 Å². The standard InChI is InChI=1S/C26H30N4O2/c1-17-5-10-23-21(12-17)13-24(29(23)2)26(32)30-11-3-4-20(16-30)22-9-8-19(15-27-22)25(31)28-14-18-6-7-18/h5,8-10,12-13,15,18,20H,3-4,6-7,11,14,16H2,1-2H3,(H,28,31). The van der Waals surface area contributed by atoms with Crippen molar-refractivity contribution < 1.29 is 9.59 Å². The van der Waals surface area contributed by atoms with E-state index in [4.69, 9.17) is 0 Å². The molecular formula is C26H30N4O2. The molecule has 1 aliphatic heterocycles. The van der Waals surface area contributed by atoms with Crippen LogP contribution in [0.15, 0.2) is 42.6 Å². The lowest BCUT2D eigenvalue weighted by atomic mass is 9.93. The molecule has 3 heterocycles. The normalized spacial score (nSPS) is 18.7. The van der Waals surface area contributed by atoms with E-state index >= 15 is 0 Å². The van der Waals surface area contributed by atoms with E-state index in [1.54, 1.807) is 6.20 Å². The van der Waals surface area contributed by atoms with Crippen LogP contribution < -0.4 is 5.32 Å². The van der Waals surface area contributed by atoms with Crippen molar-refractivity contribution in [1.29, 1.82) is 0 Å². The molecule has 32 heavy (non-hydrogen) atoms. The summed E-state index contributed by atoms with van der Waals surface area (Å²) in [5.74, 6) is 0.862. The number of rotatable bonds is 5. The Balaban J connectivity index is 1.28. The van der Waals surface area contributed by atoms with Gasteiger partial charge in [-0.25, -0.2) is 0 Å². The first kappa shape index (κ1) is 20.7. The van der Waals surface area contributed by atoms with Crippen molar-refractivity contribution in [1.82, 2.24) is 19.8 Å². The van der Waals surface area contributed by atoms with Gasteiger partial charge in [0.2, 0.25) is 0 Å². The third-order valence-corrected chi connectivity index (χ3v) is 6.84. The van der Waals surface area contributed by atoms with Crippen molar-refractivity contribution in [3.63, 3.8) is 0 Å². The maximum absolute atomic E-state index is 13.4. The maximum atomic E-state index is 13.4. The first-order valence-corrected chi connectivity index (χ1v) is 11.6. The minimum atomic E-state index is -0.0533. The molecule has 166 valence electrons. The zero-order chi connectivity index (χ0) is 22.2. The topological polar surface area (TPSA) is 67.2 Å². The summed E-state index contributed by atoms with van der Waals surface area (Å²) in [4.78, 5) is 32.2. The van der Waals surface area contributed by atoms with E-state index in [1.807, 2.05) is 34.7 Å². The van der Waals surface area contributed by atoms with Gasteiger partial charge in [-0.1, -0.05) is 11.6 Å². The number of fused-ring (bicyclic) bond motifs is 1. The fraction of sp³-hybridized carbons (Fsp3) is 0.423. The second kappa shape index (κ2) is 8.41. The number of aromatic nitrogens is 2. The number of piperidine rings is 1. The molecule has 2 aliphatic rings. The molecule has 2 fully saturated rings. The van der Waals surface area contributed by atoms with Crippen LogP contribution in [0.5, 0.6) is 0 Å². The molecule has 0 radical (unpaired) electrons. The van der Waals surface area contributed by atoms with E-state index in [-0.39, 0.29) is 17.7 Å². The number of pyridine rings is 1. The summed E-state index contributed by atoms with van der Waals surface area (Å²) >= 11 is 0. The zero-order valence-electron chi connectivity index (χ0n) is 18.8. The molecule has 1 saturated heterocycles. The van der Waals surface area contributed by atoms with Gasteiger partial charge in [0.05, 0.1) is 5.56 Å². The molecule has 1 aromatic carbocycles. The number of nitrogens with zero attached hydrogens (tertiary/aromatic N) is 3. The Hall–Kier alpha value is -3.15. The average molecular weight is 431 g/mol. The van der Waals surface area contributed by atoms with Gasteiger partial charge in [0.15, 0.2) is 0 Å². The highest BCUT2D eigenvalue weighted by molar-refractivity contribution is 5.99. The van der Waals surface area contributed by atoms with Gasteiger partial charge in [-0.2, -0.15) is 0 Å². The molecule has 1 atom stereocenters. The number of hydrogen-bond acceptors (Lipinski definition) is 3. The molecule has 1 saturated carbocycles. The van der Waals surface area contributed by atoms with Crippen LogP contribution in [0.4, 0.5) is 0 Å². The predicted molar refractivity (Wildman–Crippen MR) is 125 cm³/mol. The number of carbonyl (C=O) groups excluding carboxylic acids is 2. The van der Waals surface area contributed by atoms with Gasteiger partial charge in [-0.3, -0.25) is 14.6 Å².